The summed E-state index contributed by atoms with van der Waals surface area (Å²) in [5, 5.41) is 4.71. The molecule has 1 aromatic heterocycles. The molecule has 128 valence electrons. The third kappa shape index (κ3) is 3.69. The number of anilines is 4. The largest absolute Gasteiger partial charge is 0.393 e. The summed E-state index contributed by atoms with van der Waals surface area (Å²) in [7, 11) is 2.06. The first kappa shape index (κ1) is 16.3. The monoisotopic (exact) mass is 335 g/mol. The number of hydrazine groups is 1. The van der Waals surface area contributed by atoms with E-state index in [0.29, 0.717) is 5.82 Å². The Morgan fingerprint density at radius 1 is 1.08 bits per heavy atom. The maximum absolute atomic E-state index is 13.8. The Hall–Kier alpha value is -2.52. The van der Waals surface area contributed by atoms with E-state index in [1.807, 2.05) is 5.01 Å². The van der Waals surface area contributed by atoms with Crippen molar-refractivity contribution >= 4 is 23.0 Å². The molecule has 24 heavy (non-hydrogen) atoms. The molecule has 1 aliphatic heterocycles. The van der Waals surface area contributed by atoms with Crippen LogP contribution in [0.5, 0.6) is 0 Å². The lowest BCUT2D eigenvalue weighted by atomic mass is 10.3. The van der Waals surface area contributed by atoms with Crippen LogP contribution >= 0.6 is 0 Å². The minimum Gasteiger partial charge on any atom is -0.393 e. The van der Waals surface area contributed by atoms with Crippen LogP contribution in [-0.2, 0) is 0 Å². The maximum atomic E-state index is 13.8. The van der Waals surface area contributed by atoms with Crippen molar-refractivity contribution in [3.63, 3.8) is 0 Å². The van der Waals surface area contributed by atoms with Crippen molar-refractivity contribution in [2.75, 3.05) is 49.7 Å². The van der Waals surface area contributed by atoms with Gasteiger partial charge in [0, 0.05) is 32.2 Å². The molecular formula is C15H19F2N7. The number of piperazine rings is 1. The number of nitrogens with one attached hydrogen (secondary N) is 2. The second-order valence-corrected chi connectivity index (χ2v) is 5.64. The summed E-state index contributed by atoms with van der Waals surface area (Å²) in [6.45, 7) is 3.50. The molecule has 3 rings (SSSR count). The number of hydrogen-bond acceptors (Lipinski definition) is 7. The molecule has 0 atom stereocenters. The van der Waals surface area contributed by atoms with E-state index in [2.05, 4.69) is 32.7 Å². The van der Waals surface area contributed by atoms with E-state index in [1.54, 1.807) is 0 Å². The molecule has 0 spiro atoms. The van der Waals surface area contributed by atoms with E-state index in [9.17, 15) is 8.78 Å². The summed E-state index contributed by atoms with van der Waals surface area (Å²) in [6, 6.07) is 3.13. The Morgan fingerprint density at radius 3 is 2.54 bits per heavy atom. The first-order valence-electron chi connectivity index (χ1n) is 7.55. The quantitative estimate of drug-likeness (QED) is 0.784. The van der Waals surface area contributed by atoms with Gasteiger partial charge in [-0.15, -0.1) is 0 Å². The number of benzene rings is 1. The first-order valence-corrected chi connectivity index (χ1v) is 7.55. The van der Waals surface area contributed by atoms with Gasteiger partial charge < -0.3 is 21.4 Å². The summed E-state index contributed by atoms with van der Waals surface area (Å²) in [6.07, 6.45) is 1.31. The van der Waals surface area contributed by atoms with Crippen molar-refractivity contribution in [1.82, 2.24) is 19.9 Å². The van der Waals surface area contributed by atoms with Crippen LogP contribution in [0.3, 0.4) is 0 Å². The fraction of sp³-hybridized carbons (Fsp3) is 0.333. The number of nitrogens with zero attached hydrogens (tertiary/aromatic N) is 4. The van der Waals surface area contributed by atoms with Gasteiger partial charge in [0.05, 0.1) is 5.69 Å². The number of aromatic nitrogens is 2. The van der Waals surface area contributed by atoms with Crippen molar-refractivity contribution in [3.8, 4) is 0 Å². The Kier molecular flexibility index (Phi) is 4.72. The molecule has 1 aromatic carbocycles. The maximum Gasteiger partial charge on any atom is 0.169 e. The molecule has 0 amide bonds. The third-order valence-electron chi connectivity index (χ3n) is 3.83. The number of halogens is 2. The highest BCUT2D eigenvalue weighted by Gasteiger charge is 2.17. The predicted octanol–water partition coefficient (Wildman–Crippen LogP) is 1.65. The highest BCUT2D eigenvalue weighted by molar-refractivity contribution is 5.77. The fourth-order valence-electron chi connectivity index (χ4n) is 2.37. The van der Waals surface area contributed by atoms with Crippen LogP contribution in [0.15, 0.2) is 24.5 Å². The second kappa shape index (κ2) is 6.93. The van der Waals surface area contributed by atoms with E-state index in [4.69, 9.17) is 5.73 Å². The summed E-state index contributed by atoms with van der Waals surface area (Å²) in [4.78, 5) is 10.4. The lowest BCUT2D eigenvalue weighted by Gasteiger charge is -2.32. The predicted molar refractivity (Wildman–Crippen MR) is 88.8 cm³/mol. The average Bonchev–Trinajstić information content (AvgIpc) is 2.56. The summed E-state index contributed by atoms with van der Waals surface area (Å²) < 4.78 is 27.0. The molecule has 0 radical (unpaired) electrons. The van der Waals surface area contributed by atoms with Gasteiger partial charge in [0.2, 0.25) is 0 Å². The van der Waals surface area contributed by atoms with Crippen LogP contribution < -0.4 is 16.5 Å². The minimum absolute atomic E-state index is 0.0362. The number of likely N-dealkylation sites (N-methyl/N-ethyl adjacent to an activating group) is 1. The van der Waals surface area contributed by atoms with Crippen LogP contribution in [0.1, 0.15) is 0 Å². The van der Waals surface area contributed by atoms with Gasteiger partial charge in [0.15, 0.2) is 11.6 Å². The Labute approximate surface area is 138 Å². The van der Waals surface area contributed by atoms with Gasteiger partial charge in [0.25, 0.3) is 0 Å². The average molecular weight is 335 g/mol. The molecule has 1 aliphatic rings. The van der Waals surface area contributed by atoms with Crippen LogP contribution in [0.4, 0.5) is 31.8 Å². The second-order valence-electron chi connectivity index (χ2n) is 5.64. The van der Waals surface area contributed by atoms with Crippen molar-refractivity contribution in [3.05, 3.63) is 36.2 Å². The van der Waals surface area contributed by atoms with Gasteiger partial charge in [0.1, 0.15) is 23.6 Å². The van der Waals surface area contributed by atoms with Crippen LogP contribution in [0.2, 0.25) is 0 Å². The molecule has 2 aromatic rings. The van der Waals surface area contributed by atoms with Gasteiger partial charge in [-0.05, 0) is 19.2 Å². The van der Waals surface area contributed by atoms with Crippen LogP contribution in [0, 0.1) is 11.6 Å². The number of nitrogens with two attached hydrogens (primary N) is 1. The highest BCUT2D eigenvalue weighted by atomic mass is 19.1. The van der Waals surface area contributed by atoms with Crippen LogP contribution in [-0.4, -0.2) is 53.1 Å². The van der Waals surface area contributed by atoms with Gasteiger partial charge in [-0.3, -0.25) is 0 Å². The van der Waals surface area contributed by atoms with Crippen LogP contribution in [0.25, 0.3) is 0 Å². The molecule has 0 saturated carbocycles. The van der Waals surface area contributed by atoms with Crippen molar-refractivity contribution in [1.29, 1.82) is 0 Å². The smallest absolute Gasteiger partial charge is 0.169 e. The molecule has 0 aliphatic carbocycles. The molecule has 1 fully saturated rings. The molecule has 1 saturated heterocycles. The normalized spacial score (nSPS) is 16.1. The first-order chi connectivity index (χ1) is 11.5. The molecule has 2 heterocycles. The highest BCUT2D eigenvalue weighted by Crippen LogP contribution is 2.27. The SMILES string of the molecule is CN1CCN(Nc2ncnc(Nc3cc(F)ccc3F)c2N)CC1. The Balaban J connectivity index is 1.77. The van der Waals surface area contributed by atoms with E-state index in [1.165, 1.54) is 6.33 Å². The molecule has 0 unspecified atom stereocenters. The number of rotatable bonds is 4. The Bertz CT molecular complexity index is 717. The number of nitrogen functional groups attached to an aromatic ring is 1. The van der Waals surface area contributed by atoms with Crippen molar-refractivity contribution in [2.45, 2.75) is 0 Å². The third-order valence-corrected chi connectivity index (χ3v) is 3.83. The number of hydrogen-bond donors (Lipinski definition) is 3. The standard InChI is InChI=1S/C15H19F2N7/c1-23-4-6-24(7-5-23)22-15-13(18)14(19-9-20-15)21-12-8-10(16)2-3-11(12)17/h2-3,8-9H,4-7,18H2,1H3,(H2,19,20,21,22). The zero-order valence-electron chi connectivity index (χ0n) is 13.3. The topological polar surface area (TPSA) is 82.3 Å². The summed E-state index contributed by atoms with van der Waals surface area (Å²) >= 11 is 0. The van der Waals surface area contributed by atoms with Gasteiger partial charge >= 0.3 is 0 Å². The summed E-state index contributed by atoms with van der Waals surface area (Å²) in [5.41, 5.74) is 9.41. The molecule has 4 N–H and O–H groups in total. The lowest BCUT2D eigenvalue weighted by molar-refractivity contribution is 0.178. The van der Waals surface area contributed by atoms with Crippen molar-refractivity contribution < 1.29 is 8.78 Å². The molecule has 0 bridgehead atoms. The van der Waals surface area contributed by atoms with Gasteiger partial charge in [-0.2, -0.15) is 0 Å². The minimum atomic E-state index is -0.594. The fourth-order valence-corrected chi connectivity index (χ4v) is 2.37. The Morgan fingerprint density at radius 2 is 1.79 bits per heavy atom. The van der Waals surface area contributed by atoms with E-state index in [-0.39, 0.29) is 17.2 Å². The zero-order valence-corrected chi connectivity index (χ0v) is 13.3. The summed E-state index contributed by atoms with van der Waals surface area (Å²) in [5.74, 6) is -0.509. The molecule has 9 heteroatoms. The molecule has 7 nitrogen and oxygen atoms in total. The zero-order chi connectivity index (χ0) is 17.1. The van der Waals surface area contributed by atoms with Crippen molar-refractivity contribution in [2.24, 2.45) is 0 Å². The van der Waals surface area contributed by atoms with E-state index < -0.39 is 11.6 Å². The van der Waals surface area contributed by atoms with E-state index >= 15 is 0 Å². The molecular weight excluding hydrogens is 316 g/mol. The van der Waals surface area contributed by atoms with Gasteiger partial charge in [-0.1, -0.05) is 0 Å². The van der Waals surface area contributed by atoms with Gasteiger partial charge in [-0.25, -0.2) is 23.8 Å². The lowest BCUT2D eigenvalue weighted by Crippen LogP contribution is -2.47. The van der Waals surface area contributed by atoms with E-state index in [0.717, 1.165) is 44.4 Å².